The first-order valence-electron chi connectivity index (χ1n) is 9.93. The molecule has 4 rings (SSSR count). The number of carbonyl (C=O) groups excluding carboxylic acids is 3. The molecule has 3 heterocycles. The molecule has 0 spiro atoms. The van der Waals surface area contributed by atoms with Crippen LogP contribution in [-0.4, -0.2) is 22.3 Å². The number of benzene rings is 1. The van der Waals surface area contributed by atoms with Crippen molar-refractivity contribution < 1.29 is 23.9 Å². The Labute approximate surface area is 178 Å². The summed E-state index contributed by atoms with van der Waals surface area (Å²) in [5, 5.41) is 1.92. The Balaban J connectivity index is 1.74. The first-order chi connectivity index (χ1) is 14.5. The molecule has 0 N–H and O–H groups in total. The Morgan fingerprint density at radius 1 is 1.00 bits per heavy atom. The van der Waals surface area contributed by atoms with Gasteiger partial charge in [-0.15, -0.1) is 11.3 Å². The minimum atomic E-state index is -0.388. The molecular weight excluding hydrogens is 402 g/mol. The van der Waals surface area contributed by atoms with E-state index in [0.717, 1.165) is 16.8 Å². The Morgan fingerprint density at radius 2 is 1.70 bits per heavy atom. The Hall–Kier alpha value is -3.19. The van der Waals surface area contributed by atoms with Crippen LogP contribution in [0.3, 0.4) is 0 Å². The Kier molecular flexibility index (Phi) is 5.55. The summed E-state index contributed by atoms with van der Waals surface area (Å²) in [6.07, 6.45) is 3.72. The van der Waals surface area contributed by atoms with Crippen molar-refractivity contribution >= 4 is 29.1 Å². The van der Waals surface area contributed by atoms with E-state index in [1.54, 1.807) is 24.3 Å². The van der Waals surface area contributed by atoms with Crippen molar-refractivity contribution in [3.63, 3.8) is 0 Å². The second-order valence-electron chi connectivity index (χ2n) is 7.03. The number of fused-ring (bicyclic) bond motifs is 3. The molecule has 1 aromatic carbocycles. The smallest absolute Gasteiger partial charge is 0.311 e. The number of ketones is 1. The predicted molar refractivity (Wildman–Crippen MR) is 114 cm³/mol. The molecule has 0 radical (unpaired) electrons. The highest BCUT2D eigenvalue weighted by Gasteiger charge is 2.31. The van der Waals surface area contributed by atoms with Crippen molar-refractivity contribution in [1.82, 2.24) is 4.57 Å². The molecule has 0 saturated carbocycles. The molecule has 30 heavy (non-hydrogen) atoms. The van der Waals surface area contributed by atoms with Crippen LogP contribution in [-0.2, 0) is 9.59 Å². The number of carbonyl (C=O) groups is 3. The monoisotopic (exact) mass is 423 g/mol. The van der Waals surface area contributed by atoms with Crippen LogP contribution in [0.2, 0.25) is 0 Å². The lowest BCUT2D eigenvalue weighted by atomic mass is 10.1. The van der Waals surface area contributed by atoms with Crippen LogP contribution in [0.4, 0.5) is 0 Å². The maximum Gasteiger partial charge on any atom is 0.311 e. The summed E-state index contributed by atoms with van der Waals surface area (Å²) in [6, 6.07) is 8.77. The van der Waals surface area contributed by atoms with Gasteiger partial charge in [0.05, 0.1) is 11.4 Å². The van der Waals surface area contributed by atoms with E-state index in [0.29, 0.717) is 23.4 Å². The van der Waals surface area contributed by atoms with Crippen LogP contribution in [0.5, 0.6) is 11.5 Å². The summed E-state index contributed by atoms with van der Waals surface area (Å²) in [5.41, 5.74) is 3.10. The maximum absolute atomic E-state index is 12.6. The molecule has 0 amide bonds. The second kappa shape index (κ2) is 8.28. The van der Waals surface area contributed by atoms with Crippen molar-refractivity contribution in [1.29, 1.82) is 0 Å². The van der Waals surface area contributed by atoms with Gasteiger partial charge >= 0.3 is 11.9 Å². The van der Waals surface area contributed by atoms with Crippen molar-refractivity contribution in [2.75, 3.05) is 0 Å². The molecule has 3 aromatic rings. The molecule has 2 aromatic heterocycles. The molecule has 154 valence electrons. The van der Waals surface area contributed by atoms with Gasteiger partial charge in [0, 0.05) is 30.0 Å². The summed E-state index contributed by atoms with van der Waals surface area (Å²) in [4.78, 5) is 37.4. The number of esters is 2. The number of aromatic nitrogens is 1. The average molecular weight is 423 g/mol. The van der Waals surface area contributed by atoms with Gasteiger partial charge in [0.1, 0.15) is 4.88 Å². The number of ether oxygens (including phenoxy) is 2. The van der Waals surface area contributed by atoms with E-state index in [4.69, 9.17) is 9.47 Å². The number of rotatable bonds is 7. The fraction of sp³-hybridized carbons (Fsp3) is 0.261. The minimum Gasteiger partial charge on any atom is -0.423 e. The third-order valence-electron chi connectivity index (χ3n) is 4.80. The number of thiophene rings is 1. The van der Waals surface area contributed by atoms with Crippen molar-refractivity contribution in [3.8, 4) is 28.3 Å². The van der Waals surface area contributed by atoms with E-state index in [1.807, 2.05) is 36.1 Å². The van der Waals surface area contributed by atoms with Gasteiger partial charge in [-0.3, -0.25) is 14.4 Å². The lowest BCUT2D eigenvalue weighted by Crippen LogP contribution is -2.11. The maximum atomic E-state index is 12.6. The number of hydrogen-bond acceptors (Lipinski definition) is 6. The first-order valence-corrected chi connectivity index (χ1v) is 10.8. The Morgan fingerprint density at radius 3 is 2.40 bits per heavy atom. The molecule has 1 aliphatic rings. The van der Waals surface area contributed by atoms with Gasteiger partial charge in [0.2, 0.25) is 5.78 Å². The van der Waals surface area contributed by atoms with Crippen LogP contribution < -0.4 is 9.47 Å². The van der Waals surface area contributed by atoms with Crippen LogP contribution in [0.25, 0.3) is 16.8 Å². The zero-order valence-electron chi connectivity index (χ0n) is 16.8. The summed E-state index contributed by atoms with van der Waals surface area (Å²) >= 11 is 1.39. The van der Waals surface area contributed by atoms with Crippen LogP contribution in [0.1, 0.15) is 54.9 Å². The zero-order chi connectivity index (χ0) is 21.3. The Bertz CT molecular complexity index is 1140. The summed E-state index contributed by atoms with van der Waals surface area (Å²) in [6.45, 7) is 3.78. The second-order valence-corrected chi connectivity index (χ2v) is 7.91. The van der Waals surface area contributed by atoms with E-state index in [2.05, 4.69) is 0 Å². The van der Waals surface area contributed by atoms with Gasteiger partial charge in [-0.1, -0.05) is 19.9 Å². The highest BCUT2D eigenvalue weighted by Crippen LogP contribution is 2.43. The van der Waals surface area contributed by atoms with E-state index >= 15 is 0 Å². The van der Waals surface area contributed by atoms with Crippen LogP contribution in [0, 0.1) is 0 Å². The molecule has 0 unspecified atom stereocenters. The fourth-order valence-electron chi connectivity index (χ4n) is 3.43. The molecule has 0 atom stereocenters. The largest absolute Gasteiger partial charge is 0.423 e. The van der Waals surface area contributed by atoms with E-state index in [9.17, 15) is 14.4 Å². The SMILES string of the molecule is CCCC(=O)Oc1ccc(-c2csc3c2-n2cccc2C3=O)cc1OC(=O)CCC. The summed E-state index contributed by atoms with van der Waals surface area (Å²) in [7, 11) is 0. The lowest BCUT2D eigenvalue weighted by Gasteiger charge is -2.13. The van der Waals surface area contributed by atoms with Gasteiger partial charge in [0.25, 0.3) is 0 Å². The zero-order valence-corrected chi connectivity index (χ0v) is 17.6. The van der Waals surface area contributed by atoms with Gasteiger partial charge in [0.15, 0.2) is 11.5 Å². The molecule has 0 saturated heterocycles. The minimum absolute atomic E-state index is 0.00552. The van der Waals surface area contributed by atoms with E-state index < -0.39 is 0 Å². The van der Waals surface area contributed by atoms with Crippen molar-refractivity contribution in [3.05, 3.63) is 52.5 Å². The van der Waals surface area contributed by atoms with Crippen LogP contribution in [0.15, 0.2) is 41.9 Å². The fourth-order valence-corrected chi connectivity index (χ4v) is 4.44. The molecule has 6 nitrogen and oxygen atoms in total. The number of nitrogens with zero attached hydrogens (tertiary/aromatic N) is 1. The van der Waals surface area contributed by atoms with Crippen LogP contribution >= 0.6 is 11.3 Å². The molecular formula is C23H21NO5S. The van der Waals surface area contributed by atoms with Gasteiger partial charge in [-0.25, -0.2) is 0 Å². The normalized spacial score (nSPS) is 11.9. The molecule has 7 heteroatoms. The molecule has 1 aliphatic heterocycles. The lowest BCUT2D eigenvalue weighted by molar-refractivity contribution is -0.137. The van der Waals surface area contributed by atoms with E-state index in [-0.39, 0.29) is 42.1 Å². The standard InChI is InChI=1S/C23H21NO5S/c1-3-6-19(25)28-17-10-9-14(12-18(17)29-20(26)7-4-2)15-13-30-23-21(15)24-11-5-8-16(24)22(23)27/h5,8-13H,3-4,6-7H2,1-2H3. The third kappa shape index (κ3) is 3.57. The third-order valence-corrected chi connectivity index (χ3v) is 5.77. The van der Waals surface area contributed by atoms with Gasteiger partial charge in [-0.05, 0) is 42.7 Å². The van der Waals surface area contributed by atoms with E-state index in [1.165, 1.54) is 11.3 Å². The number of hydrogen-bond donors (Lipinski definition) is 0. The quantitative estimate of drug-likeness (QED) is 0.303. The topological polar surface area (TPSA) is 74.6 Å². The molecule has 0 bridgehead atoms. The predicted octanol–water partition coefficient (Wildman–Crippen LogP) is 5.16. The molecule has 0 aliphatic carbocycles. The van der Waals surface area contributed by atoms with Crippen molar-refractivity contribution in [2.45, 2.75) is 39.5 Å². The summed E-state index contributed by atoms with van der Waals surface area (Å²) in [5.74, 6) is -0.345. The first kappa shape index (κ1) is 20.1. The highest BCUT2D eigenvalue weighted by molar-refractivity contribution is 7.13. The highest BCUT2D eigenvalue weighted by atomic mass is 32.1. The van der Waals surface area contributed by atoms with Gasteiger partial charge < -0.3 is 14.0 Å². The summed E-state index contributed by atoms with van der Waals surface area (Å²) < 4.78 is 12.8. The van der Waals surface area contributed by atoms with Gasteiger partial charge in [-0.2, -0.15) is 0 Å². The molecule has 0 fully saturated rings. The van der Waals surface area contributed by atoms with Crippen molar-refractivity contribution in [2.24, 2.45) is 0 Å². The average Bonchev–Trinajstić information content (AvgIpc) is 3.40.